The lowest BCUT2D eigenvalue weighted by atomic mass is 9.82. The van der Waals surface area contributed by atoms with Crippen LogP contribution in [-0.4, -0.2) is 19.8 Å². The van der Waals surface area contributed by atoms with Crippen molar-refractivity contribution >= 4 is 5.69 Å². The molecule has 0 saturated heterocycles. The summed E-state index contributed by atoms with van der Waals surface area (Å²) in [6.45, 7) is 11.2. The van der Waals surface area contributed by atoms with Gasteiger partial charge in [0.05, 0.1) is 6.61 Å². The Labute approximate surface area is 171 Å². The van der Waals surface area contributed by atoms with Crippen LogP contribution in [0.4, 0.5) is 5.69 Å². The van der Waals surface area contributed by atoms with Gasteiger partial charge in [0, 0.05) is 12.2 Å². The fourth-order valence-electron chi connectivity index (χ4n) is 2.96. The van der Waals surface area contributed by atoms with Gasteiger partial charge in [0.1, 0.15) is 18.1 Å². The third-order valence-electron chi connectivity index (χ3n) is 5.34. The van der Waals surface area contributed by atoms with Crippen LogP contribution in [0.2, 0.25) is 0 Å². The van der Waals surface area contributed by atoms with E-state index in [0.717, 1.165) is 43.2 Å². The Balaban J connectivity index is 1.66. The van der Waals surface area contributed by atoms with Gasteiger partial charge in [-0.25, -0.2) is 0 Å². The number of nitrogens with one attached hydrogen (secondary N) is 1. The van der Waals surface area contributed by atoms with Crippen LogP contribution in [-0.2, 0) is 5.41 Å². The minimum Gasteiger partial charge on any atom is -0.494 e. The van der Waals surface area contributed by atoms with E-state index in [1.54, 1.807) is 0 Å². The predicted molar refractivity (Wildman–Crippen MR) is 120 cm³/mol. The fourth-order valence-corrected chi connectivity index (χ4v) is 2.96. The highest BCUT2D eigenvalue weighted by Crippen LogP contribution is 2.28. The van der Waals surface area contributed by atoms with E-state index in [9.17, 15) is 0 Å². The summed E-state index contributed by atoms with van der Waals surface area (Å²) in [7, 11) is 0. The Morgan fingerprint density at radius 1 is 0.750 bits per heavy atom. The molecule has 3 nitrogen and oxygen atoms in total. The van der Waals surface area contributed by atoms with Gasteiger partial charge in [0.15, 0.2) is 0 Å². The maximum Gasteiger partial charge on any atom is 0.119 e. The summed E-state index contributed by atoms with van der Waals surface area (Å²) in [5.41, 5.74) is 2.65. The number of hydrogen-bond donors (Lipinski definition) is 1. The first kappa shape index (κ1) is 22.1. The van der Waals surface area contributed by atoms with Crippen molar-refractivity contribution in [2.45, 2.75) is 65.2 Å². The minimum atomic E-state index is 0.214. The molecule has 0 heterocycles. The van der Waals surface area contributed by atoms with E-state index in [0.29, 0.717) is 6.61 Å². The molecule has 3 heteroatoms. The number of ether oxygens (including phenoxy) is 2. The lowest BCUT2D eigenvalue weighted by Crippen LogP contribution is -2.15. The Bertz CT molecular complexity index is 662. The molecular formula is C25H37NO2. The van der Waals surface area contributed by atoms with Gasteiger partial charge in [-0.2, -0.15) is 0 Å². The van der Waals surface area contributed by atoms with Gasteiger partial charge < -0.3 is 14.8 Å². The second-order valence-corrected chi connectivity index (χ2v) is 7.97. The van der Waals surface area contributed by atoms with Gasteiger partial charge in [-0.3, -0.25) is 0 Å². The Kier molecular flexibility index (Phi) is 9.19. The van der Waals surface area contributed by atoms with Gasteiger partial charge in [0.2, 0.25) is 0 Å². The van der Waals surface area contributed by atoms with E-state index in [1.807, 2.05) is 12.1 Å². The molecule has 0 aliphatic rings. The van der Waals surface area contributed by atoms with Crippen LogP contribution >= 0.6 is 0 Å². The van der Waals surface area contributed by atoms with Crippen molar-refractivity contribution in [3.8, 4) is 11.5 Å². The van der Waals surface area contributed by atoms with E-state index < -0.39 is 0 Å². The van der Waals surface area contributed by atoms with Crippen LogP contribution in [0.5, 0.6) is 11.5 Å². The van der Waals surface area contributed by atoms with Crippen molar-refractivity contribution in [3.63, 3.8) is 0 Å². The molecule has 2 aromatic carbocycles. The lowest BCUT2D eigenvalue weighted by Gasteiger charge is -2.23. The van der Waals surface area contributed by atoms with Crippen molar-refractivity contribution in [1.82, 2.24) is 0 Å². The van der Waals surface area contributed by atoms with E-state index in [4.69, 9.17) is 9.47 Å². The number of anilines is 1. The molecule has 0 spiro atoms. The number of unbranched alkanes of at least 4 members (excludes halogenated alkanes) is 3. The molecule has 0 bridgehead atoms. The maximum absolute atomic E-state index is 5.85. The van der Waals surface area contributed by atoms with Crippen LogP contribution in [0.3, 0.4) is 0 Å². The van der Waals surface area contributed by atoms with E-state index in [2.05, 4.69) is 69.4 Å². The van der Waals surface area contributed by atoms with Gasteiger partial charge in [-0.1, -0.05) is 59.1 Å². The molecule has 28 heavy (non-hydrogen) atoms. The first-order valence-electron chi connectivity index (χ1n) is 10.7. The maximum atomic E-state index is 5.85. The molecule has 0 aromatic heterocycles. The lowest BCUT2D eigenvalue weighted by molar-refractivity contribution is 0.305. The standard InChI is InChI=1S/C25H37NO2/c1-5-7-8-9-19-27-24-16-12-22(13-17-24)26-18-20-28-23-14-10-21(11-15-23)25(3,4)6-2/h10-17,26H,5-9,18-20H2,1-4H3. The van der Waals surface area contributed by atoms with Gasteiger partial charge in [0.25, 0.3) is 0 Å². The average molecular weight is 384 g/mol. The highest BCUT2D eigenvalue weighted by molar-refractivity contribution is 5.46. The zero-order chi connectivity index (χ0) is 20.2. The van der Waals surface area contributed by atoms with Crippen LogP contribution in [0, 0.1) is 0 Å². The summed E-state index contributed by atoms with van der Waals surface area (Å²) in [5, 5.41) is 3.39. The SMILES string of the molecule is CCCCCCOc1ccc(NCCOc2ccc(C(C)(C)CC)cc2)cc1. The number of rotatable bonds is 13. The highest BCUT2D eigenvalue weighted by Gasteiger charge is 2.17. The molecule has 0 radical (unpaired) electrons. The van der Waals surface area contributed by atoms with E-state index >= 15 is 0 Å². The van der Waals surface area contributed by atoms with Crippen LogP contribution in [0.15, 0.2) is 48.5 Å². The molecule has 2 rings (SSSR count). The van der Waals surface area contributed by atoms with Gasteiger partial charge in [-0.05, 0) is 60.2 Å². The molecule has 154 valence electrons. The van der Waals surface area contributed by atoms with Crippen molar-refractivity contribution in [3.05, 3.63) is 54.1 Å². The zero-order valence-electron chi connectivity index (χ0n) is 18.1. The molecular weight excluding hydrogens is 346 g/mol. The average Bonchev–Trinajstić information content (AvgIpc) is 2.72. The zero-order valence-corrected chi connectivity index (χ0v) is 18.1. The molecule has 0 saturated carbocycles. The Morgan fingerprint density at radius 3 is 1.96 bits per heavy atom. The summed E-state index contributed by atoms with van der Waals surface area (Å²) in [5.74, 6) is 1.86. The van der Waals surface area contributed by atoms with Crippen LogP contribution < -0.4 is 14.8 Å². The molecule has 1 N–H and O–H groups in total. The van der Waals surface area contributed by atoms with E-state index in [1.165, 1.54) is 24.8 Å². The highest BCUT2D eigenvalue weighted by atomic mass is 16.5. The minimum absolute atomic E-state index is 0.214. The summed E-state index contributed by atoms with van der Waals surface area (Å²) in [4.78, 5) is 0. The molecule has 0 atom stereocenters. The molecule has 0 unspecified atom stereocenters. The molecule has 0 aliphatic carbocycles. The smallest absolute Gasteiger partial charge is 0.119 e. The van der Waals surface area contributed by atoms with Crippen LogP contribution in [0.1, 0.15) is 65.4 Å². The Hall–Kier alpha value is -2.16. The molecule has 0 aliphatic heterocycles. The van der Waals surface area contributed by atoms with Crippen LogP contribution in [0.25, 0.3) is 0 Å². The first-order valence-corrected chi connectivity index (χ1v) is 10.7. The third kappa shape index (κ3) is 7.46. The quantitative estimate of drug-likeness (QED) is 0.385. The first-order chi connectivity index (χ1) is 13.5. The van der Waals surface area contributed by atoms with Crippen molar-refractivity contribution in [2.75, 3.05) is 25.1 Å². The molecule has 0 fully saturated rings. The molecule has 2 aromatic rings. The van der Waals surface area contributed by atoms with Crippen molar-refractivity contribution < 1.29 is 9.47 Å². The fraction of sp³-hybridized carbons (Fsp3) is 0.520. The van der Waals surface area contributed by atoms with Crippen molar-refractivity contribution in [1.29, 1.82) is 0 Å². The van der Waals surface area contributed by atoms with Gasteiger partial charge in [-0.15, -0.1) is 0 Å². The normalized spacial score (nSPS) is 11.3. The van der Waals surface area contributed by atoms with Gasteiger partial charge >= 0.3 is 0 Å². The van der Waals surface area contributed by atoms with Crippen molar-refractivity contribution in [2.24, 2.45) is 0 Å². The third-order valence-corrected chi connectivity index (χ3v) is 5.34. The largest absolute Gasteiger partial charge is 0.494 e. The molecule has 0 amide bonds. The van der Waals surface area contributed by atoms with E-state index in [-0.39, 0.29) is 5.41 Å². The summed E-state index contributed by atoms with van der Waals surface area (Å²) in [6, 6.07) is 16.7. The monoisotopic (exact) mass is 383 g/mol. The summed E-state index contributed by atoms with van der Waals surface area (Å²) < 4.78 is 11.6. The predicted octanol–water partition coefficient (Wildman–Crippen LogP) is 6.82. The summed E-state index contributed by atoms with van der Waals surface area (Å²) in [6.07, 6.45) is 6.04. The number of benzene rings is 2. The second-order valence-electron chi connectivity index (χ2n) is 7.97. The number of hydrogen-bond acceptors (Lipinski definition) is 3. The summed E-state index contributed by atoms with van der Waals surface area (Å²) >= 11 is 0. The Morgan fingerprint density at radius 2 is 1.36 bits per heavy atom. The topological polar surface area (TPSA) is 30.5 Å². The second kappa shape index (κ2) is 11.6.